The Balaban J connectivity index is 3.71. The summed E-state index contributed by atoms with van der Waals surface area (Å²) in [5.41, 5.74) is 0. The van der Waals surface area contributed by atoms with Crippen molar-refractivity contribution in [3.05, 3.63) is 0 Å². The molecule has 0 radical (unpaired) electrons. The van der Waals surface area contributed by atoms with Crippen LogP contribution in [0, 0.1) is 0 Å². The van der Waals surface area contributed by atoms with Gasteiger partial charge in [-0.2, -0.15) is 0 Å². The molecule has 0 aliphatic carbocycles. The predicted molar refractivity (Wildman–Crippen MR) is 73.1 cm³/mol. The molecule has 0 fully saturated rings. The molecule has 0 aromatic heterocycles. The SMILES string of the molecule is CC(C)N(CCCN(C)C)CCCN(C)C. The van der Waals surface area contributed by atoms with Gasteiger partial charge in [-0.15, -0.1) is 0 Å². The van der Waals surface area contributed by atoms with E-state index < -0.39 is 0 Å². The molecule has 0 amide bonds. The monoisotopic (exact) mass is 229 g/mol. The molecular formula is C13H31N3. The molecule has 0 bridgehead atoms. The van der Waals surface area contributed by atoms with Crippen LogP contribution in [0.5, 0.6) is 0 Å². The Kier molecular flexibility index (Phi) is 8.90. The van der Waals surface area contributed by atoms with Gasteiger partial charge in [-0.1, -0.05) is 0 Å². The first-order valence-electron chi connectivity index (χ1n) is 6.47. The first kappa shape index (κ1) is 15.9. The molecule has 0 aromatic carbocycles. The van der Waals surface area contributed by atoms with E-state index in [2.05, 4.69) is 56.7 Å². The van der Waals surface area contributed by atoms with Crippen LogP contribution in [0.25, 0.3) is 0 Å². The summed E-state index contributed by atoms with van der Waals surface area (Å²) in [6.07, 6.45) is 2.54. The van der Waals surface area contributed by atoms with Crippen molar-refractivity contribution in [3.8, 4) is 0 Å². The molecule has 3 nitrogen and oxygen atoms in total. The Hall–Kier alpha value is -0.120. The highest BCUT2D eigenvalue weighted by molar-refractivity contribution is 4.64. The van der Waals surface area contributed by atoms with E-state index in [0.717, 1.165) is 0 Å². The molecule has 0 rings (SSSR count). The van der Waals surface area contributed by atoms with Gasteiger partial charge in [-0.05, 0) is 81.1 Å². The third-order valence-corrected chi connectivity index (χ3v) is 2.83. The predicted octanol–water partition coefficient (Wildman–Crippen LogP) is 1.60. The maximum atomic E-state index is 2.59. The summed E-state index contributed by atoms with van der Waals surface area (Å²) in [6, 6.07) is 0.671. The summed E-state index contributed by atoms with van der Waals surface area (Å²) in [5, 5.41) is 0. The minimum absolute atomic E-state index is 0.671. The minimum Gasteiger partial charge on any atom is -0.309 e. The molecular weight excluding hydrogens is 198 g/mol. The average Bonchev–Trinajstić information content (AvgIpc) is 2.14. The Morgan fingerprint density at radius 2 is 1.06 bits per heavy atom. The normalized spacial score (nSPS) is 12.4. The van der Waals surface area contributed by atoms with Crippen molar-refractivity contribution < 1.29 is 0 Å². The molecule has 0 N–H and O–H groups in total. The van der Waals surface area contributed by atoms with E-state index in [-0.39, 0.29) is 0 Å². The molecule has 16 heavy (non-hydrogen) atoms. The molecule has 98 valence electrons. The number of rotatable bonds is 9. The summed E-state index contributed by atoms with van der Waals surface area (Å²) in [5.74, 6) is 0. The van der Waals surface area contributed by atoms with Gasteiger partial charge < -0.3 is 14.7 Å². The Morgan fingerprint density at radius 3 is 1.31 bits per heavy atom. The van der Waals surface area contributed by atoms with Crippen molar-refractivity contribution in [2.45, 2.75) is 32.7 Å². The van der Waals surface area contributed by atoms with Crippen molar-refractivity contribution in [3.63, 3.8) is 0 Å². The van der Waals surface area contributed by atoms with E-state index in [0.29, 0.717) is 6.04 Å². The van der Waals surface area contributed by atoms with E-state index >= 15 is 0 Å². The van der Waals surface area contributed by atoms with Gasteiger partial charge in [0.25, 0.3) is 0 Å². The van der Waals surface area contributed by atoms with Gasteiger partial charge in [0.15, 0.2) is 0 Å². The zero-order chi connectivity index (χ0) is 12.6. The average molecular weight is 229 g/mol. The van der Waals surface area contributed by atoms with E-state index in [1.165, 1.54) is 39.0 Å². The van der Waals surface area contributed by atoms with Gasteiger partial charge in [0, 0.05) is 6.04 Å². The molecule has 0 heterocycles. The zero-order valence-corrected chi connectivity index (χ0v) is 12.2. The topological polar surface area (TPSA) is 9.72 Å². The molecule has 0 aliphatic rings. The summed E-state index contributed by atoms with van der Waals surface area (Å²) in [6.45, 7) is 9.43. The lowest BCUT2D eigenvalue weighted by atomic mass is 10.2. The van der Waals surface area contributed by atoms with Crippen LogP contribution >= 0.6 is 0 Å². The first-order chi connectivity index (χ1) is 7.43. The molecule has 0 saturated heterocycles. The van der Waals surface area contributed by atoms with Gasteiger partial charge >= 0.3 is 0 Å². The fourth-order valence-corrected chi connectivity index (χ4v) is 1.81. The second-order valence-electron chi connectivity index (χ2n) is 5.44. The van der Waals surface area contributed by atoms with Gasteiger partial charge in [-0.3, -0.25) is 0 Å². The maximum Gasteiger partial charge on any atom is 0.00386 e. The Bertz CT molecular complexity index is 141. The van der Waals surface area contributed by atoms with Crippen molar-refractivity contribution in [2.75, 3.05) is 54.4 Å². The van der Waals surface area contributed by atoms with Gasteiger partial charge in [0.1, 0.15) is 0 Å². The smallest absolute Gasteiger partial charge is 0.00386 e. The molecule has 3 heteroatoms. The third kappa shape index (κ3) is 9.13. The van der Waals surface area contributed by atoms with Crippen molar-refractivity contribution in [1.82, 2.24) is 14.7 Å². The van der Waals surface area contributed by atoms with Crippen molar-refractivity contribution >= 4 is 0 Å². The molecule has 0 aromatic rings. The standard InChI is InChI=1S/C13H31N3/c1-13(2)16(11-7-9-14(3)4)12-8-10-15(5)6/h13H,7-12H2,1-6H3. The number of nitrogens with zero attached hydrogens (tertiary/aromatic N) is 3. The van der Waals surface area contributed by atoms with Crippen LogP contribution in [0.15, 0.2) is 0 Å². The number of hydrogen-bond donors (Lipinski definition) is 0. The van der Waals surface area contributed by atoms with E-state index in [1.54, 1.807) is 0 Å². The highest BCUT2D eigenvalue weighted by atomic mass is 15.2. The molecule has 0 atom stereocenters. The summed E-state index contributed by atoms with van der Waals surface area (Å²) >= 11 is 0. The molecule has 0 aliphatic heterocycles. The minimum atomic E-state index is 0.671. The maximum absolute atomic E-state index is 2.59. The van der Waals surface area contributed by atoms with E-state index in [9.17, 15) is 0 Å². The van der Waals surface area contributed by atoms with Gasteiger partial charge in [-0.25, -0.2) is 0 Å². The summed E-state index contributed by atoms with van der Waals surface area (Å²) < 4.78 is 0. The van der Waals surface area contributed by atoms with Crippen molar-refractivity contribution in [2.24, 2.45) is 0 Å². The lowest BCUT2D eigenvalue weighted by Crippen LogP contribution is -2.35. The fourth-order valence-electron chi connectivity index (χ4n) is 1.81. The largest absolute Gasteiger partial charge is 0.309 e. The van der Waals surface area contributed by atoms with Crippen LogP contribution in [0.3, 0.4) is 0 Å². The second-order valence-corrected chi connectivity index (χ2v) is 5.44. The molecule has 0 unspecified atom stereocenters. The summed E-state index contributed by atoms with van der Waals surface area (Å²) in [4.78, 5) is 7.11. The highest BCUT2D eigenvalue weighted by Crippen LogP contribution is 2.02. The van der Waals surface area contributed by atoms with Crippen LogP contribution in [0.1, 0.15) is 26.7 Å². The third-order valence-electron chi connectivity index (χ3n) is 2.83. The van der Waals surface area contributed by atoms with Crippen molar-refractivity contribution in [1.29, 1.82) is 0 Å². The fraction of sp³-hybridized carbons (Fsp3) is 1.00. The Labute approximate surface area is 102 Å². The van der Waals surface area contributed by atoms with Crippen LogP contribution in [-0.4, -0.2) is 75.1 Å². The lowest BCUT2D eigenvalue weighted by molar-refractivity contribution is 0.200. The van der Waals surface area contributed by atoms with Gasteiger partial charge in [0.2, 0.25) is 0 Å². The summed E-state index contributed by atoms with van der Waals surface area (Å²) in [7, 11) is 8.58. The molecule has 0 spiro atoms. The quantitative estimate of drug-likeness (QED) is 0.595. The lowest BCUT2D eigenvalue weighted by Gasteiger charge is -2.27. The zero-order valence-electron chi connectivity index (χ0n) is 12.2. The van der Waals surface area contributed by atoms with Gasteiger partial charge in [0.05, 0.1) is 0 Å². The van der Waals surface area contributed by atoms with Crippen LogP contribution < -0.4 is 0 Å². The van der Waals surface area contributed by atoms with E-state index in [4.69, 9.17) is 0 Å². The second kappa shape index (κ2) is 8.97. The highest BCUT2D eigenvalue weighted by Gasteiger charge is 2.08. The first-order valence-corrected chi connectivity index (χ1v) is 6.47. The van der Waals surface area contributed by atoms with Crippen LogP contribution in [-0.2, 0) is 0 Å². The van der Waals surface area contributed by atoms with Crippen LogP contribution in [0.2, 0.25) is 0 Å². The molecule has 0 saturated carbocycles. The number of hydrogen-bond acceptors (Lipinski definition) is 3. The van der Waals surface area contributed by atoms with E-state index in [1.807, 2.05) is 0 Å². The Morgan fingerprint density at radius 1 is 0.688 bits per heavy atom. The van der Waals surface area contributed by atoms with Crippen LogP contribution in [0.4, 0.5) is 0 Å².